The van der Waals surface area contributed by atoms with E-state index >= 15 is 0 Å². The molecule has 0 aliphatic heterocycles. The van der Waals surface area contributed by atoms with E-state index in [1.54, 1.807) is 24.7 Å². The van der Waals surface area contributed by atoms with E-state index in [9.17, 15) is 4.79 Å². The number of hydrogen-bond donors (Lipinski definition) is 1. The fraction of sp³-hybridized carbons (Fsp3) is 0.294. The molecule has 0 bridgehead atoms. The van der Waals surface area contributed by atoms with Crippen LogP contribution in [0.1, 0.15) is 42.1 Å². The van der Waals surface area contributed by atoms with Crippen molar-refractivity contribution in [2.45, 2.75) is 31.8 Å². The normalized spacial score (nSPS) is 15.5. The molecule has 3 heterocycles. The average Bonchev–Trinajstić information content (AvgIpc) is 3.08. The van der Waals surface area contributed by atoms with Crippen LogP contribution in [0.5, 0.6) is 0 Å². The molecule has 4 rings (SSSR count). The van der Waals surface area contributed by atoms with E-state index in [2.05, 4.69) is 10.2 Å². The molecular weight excluding hydrogens is 294 g/mol. The predicted molar refractivity (Wildman–Crippen MR) is 82.6 cm³/mol. The minimum atomic E-state index is -0.117. The molecule has 118 valence electrons. The Hall–Kier alpha value is -2.76. The van der Waals surface area contributed by atoms with Crippen LogP contribution in [0.15, 0.2) is 51.7 Å². The fourth-order valence-electron chi connectivity index (χ4n) is 2.80. The number of nitrogens with zero attached hydrogens (tertiary/aromatic N) is 2. The Morgan fingerprint density at radius 3 is 2.74 bits per heavy atom. The molecule has 1 aliphatic rings. The summed E-state index contributed by atoms with van der Waals surface area (Å²) in [5.41, 5.74) is 1.08. The number of carbonyl (C=O) groups is 1. The molecule has 1 aliphatic carbocycles. The van der Waals surface area contributed by atoms with Crippen LogP contribution in [-0.2, 0) is 0 Å². The van der Waals surface area contributed by atoms with E-state index < -0.39 is 0 Å². The minimum absolute atomic E-state index is 0.0922. The molecule has 1 fully saturated rings. The van der Waals surface area contributed by atoms with E-state index in [1.165, 1.54) is 0 Å². The Bertz CT molecular complexity index is 785. The number of H-pyrrole nitrogens is 1. The number of aromatic amines is 1. The van der Waals surface area contributed by atoms with E-state index in [0.717, 1.165) is 18.6 Å². The first kappa shape index (κ1) is 13.9. The molecule has 23 heavy (non-hydrogen) atoms. The topological polar surface area (TPSA) is 75.3 Å². The maximum atomic E-state index is 12.9. The Morgan fingerprint density at radius 1 is 1.30 bits per heavy atom. The summed E-state index contributed by atoms with van der Waals surface area (Å²) in [5.74, 6) is 1.35. The molecule has 0 unspecified atom stereocenters. The summed E-state index contributed by atoms with van der Waals surface area (Å²) in [6.07, 6.45) is 5.26. The van der Waals surface area contributed by atoms with Gasteiger partial charge >= 0.3 is 0 Å². The summed E-state index contributed by atoms with van der Waals surface area (Å²) in [6.45, 7) is 1.98. The molecule has 1 saturated carbocycles. The van der Waals surface area contributed by atoms with Gasteiger partial charge in [0.2, 0.25) is 0 Å². The van der Waals surface area contributed by atoms with E-state index in [4.69, 9.17) is 8.83 Å². The summed E-state index contributed by atoms with van der Waals surface area (Å²) >= 11 is 0. The first-order chi connectivity index (χ1) is 11.2. The molecule has 3 aromatic heterocycles. The van der Waals surface area contributed by atoms with Crippen molar-refractivity contribution >= 4 is 5.91 Å². The molecule has 0 radical (unpaired) electrons. The third-order valence-electron chi connectivity index (χ3n) is 4.13. The van der Waals surface area contributed by atoms with Gasteiger partial charge in [-0.2, -0.15) is 5.10 Å². The van der Waals surface area contributed by atoms with Crippen LogP contribution in [0.3, 0.4) is 0 Å². The lowest BCUT2D eigenvalue weighted by molar-refractivity contribution is 0.0646. The van der Waals surface area contributed by atoms with Gasteiger partial charge < -0.3 is 13.7 Å². The lowest BCUT2D eigenvalue weighted by Gasteiger charge is -2.27. The van der Waals surface area contributed by atoms with Crippen LogP contribution in [0.4, 0.5) is 0 Å². The molecule has 1 N–H and O–H groups in total. The van der Waals surface area contributed by atoms with Gasteiger partial charge in [-0.1, -0.05) is 0 Å². The van der Waals surface area contributed by atoms with Gasteiger partial charge in [-0.05, 0) is 44.0 Å². The summed E-state index contributed by atoms with van der Waals surface area (Å²) in [4.78, 5) is 14.8. The molecule has 1 atom stereocenters. The third kappa shape index (κ3) is 2.56. The standard InChI is InChI=1S/C17H17N3O3/c1-11(15-4-2-8-22-15)20(12-6-7-12)17(21)14-10-13(18-19-14)16-5-3-9-23-16/h2-5,8-12H,6-7H2,1H3,(H,18,19)/t11-/m1/s1. The van der Waals surface area contributed by atoms with Gasteiger partial charge in [0.15, 0.2) is 11.5 Å². The van der Waals surface area contributed by atoms with Gasteiger partial charge in [-0.3, -0.25) is 9.89 Å². The molecule has 1 amide bonds. The second-order valence-corrected chi connectivity index (χ2v) is 5.78. The van der Waals surface area contributed by atoms with E-state index in [0.29, 0.717) is 17.1 Å². The maximum absolute atomic E-state index is 12.9. The Labute approximate surface area is 133 Å². The average molecular weight is 311 g/mol. The summed E-state index contributed by atoms with van der Waals surface area (Å²) < 4.78 is 10.8. The minimum Gasteiger partial charge on any atom is -0.467 e. The second-order valence-electron chi connectivity index (χ2n) is 5.78. The number of furan rings is 2. The molecule has 0 spiro atoms. The lowest BCUT2D eigenvalue weighted by atomic mass is 10.2. The van der Waals surface area contributed by atoms with Crippen molar-refractivity contribution in [3.63, 3.8) is 0 Å². The van der Waals surface area contributed by atoms with Crippen molar-refractivity contribution < 1.29 is 13.6 Å². The number of nitrogens with one attached hydrogen (secondary N) is 1. The first-order valence-electron chi connectivity index (χ1n) is 7.69. The highest BCUT2D eigenvalue weighted by Crippen LogP contribution is 2.35. The van der Waals surface area contributed by atoms with Crippen LogP contribution in [-0.4, -0.2) is 27.0 Å². The summed E-state index contributed by atoms with van der Waals surface area (Å²) in [7, 11) is 0. The summed E-state index contributed by atoms with van der Waals surface area (Å²) in [5, 5.41) is 7.02. The molecule has 0 saturated heterocycles. The fourth-order valence-corrected chi connectivity index (χ4v) is 2.80. The third-order valence-corrected chi connectivity index (χ3v) is 4.13. The van der Waals surface area contributed by atoms with Crippen LogP contribution in [0.25, 0.3) is 11.5 Å². The number of hydrogen-bond acceptors (Lipinski definition) is 4. The molecule has 6 nitrogen and oxygen atoms in total. The van der Waals surface area contributed by atoms with Crippen LogP contribution in [0, 0.1) is 0 Å². The smallest absolute Gasteiger partial charge is 0.275 e. The molecule has 3 aromatic rings. The zero-order valence-corrected chi connectivity index (χ0v) is 12.7. The number of amides is 1. The van der Waals surface area contributed by atoms with Crippen molar-refractivity contribution in [2.24, 2.45) is 0 Å². The Kier molecular flexibility index (Phi) is 3.29. The number of aromatic nitrogens is 2. The van der Waals surface area contributed by atoms with Gasteiger partial charge in [0.05, 0.1) is 18.6 Å². The van der Waals surface area contributed by atoms with Crippen molar-refractivity contribution in [1.29, 1.82) is 0 Å². The van der Waals surface area contributed by atoms with Crippen molar-refractivity contribution in [3.8, 4) is 11.5 Å². The first-order valence-corrected chi connectivity index (χ1v) is 7.69. The van der Waals surface area contributed by atoms with E-state index in [1.807, 2.05) is 30.0 Å². The van der Waals surface area contributed by atoms with Crippen LogP contribution < -0.4 is 0 Å². The van der Waals surface area contributed by atoms with Crippen molar-refractivity contribution in [3.05, 3.63) is 54.3 Å². The zero-order chi connectivity index (χ0) is 15.8. The Balaban J connectivity index is 1.61. The van der Waals surface area contributed by atoms with Gasteiger partial charge in [0.1, 0.15) is 11.5 Å². The molecule has 0 aromatic carbocycles. The van der Waals surface area contributed by atoms with Gasteiger partial charge in [-0.15, -0.1) is 0 Å². The molecular formula is C17H17N3O3. The summed E-state index contributed by atoms with van der Waals surface area (Å²) in [6, 6.07) is 9.22. The van der Waals surface area contributed by atoms with Crippen LogP contribution in [0.2, 0.25) is 0 Å². The van der Waals surface area contributed by atoms with Crippen molar-refractivity contribution in [1.82, 2.24) is 15.1 Å². The quantitative estimate of drug-likeness (QED) is 0.780. The zero-order valence-electron chi connectivity index (χ0n) is 12.7. The molecule has 6 heteroatoms. The SMILES string of the molecule is C[C@H](c1ccco1)N(C(=O)c1cc(-c2ccco2)[nH]n1)C1CC1. The second kappa shape index (κ2) is 5.46. The highest BCUT2D eigenvalue weighted by molar-refractivity contribution is 5.94. The monoisotopic (exact) mass is 311 g/mol. The highest BCUT2D eigenvalue weighted by Gasteiger charge is 2.38. The number of rotatable bonds is 5. The lowest BCUT2D eigenvalue weighted by Crippen LogP contribution is -2.35. The predicted octanol–water partition coefficient (Wildman–Crippen LogP) is 3.63. The maximum Gasteiger partial charge on any atom is 0.275 e. The largest absolute Gasteiger partial charge is 0.467 e. The number of carbonyl (C=O) groups excluding carboxylic acids is 1. The van der Waals surface area contributed by atoms with E-state index in [-0.39, 0.29) is 18.0 Å². The Morgan fingerprint density at radius 2 is 2.09 bits per heavy atom. The van der Waals surface area contributed by atoms with Gasteiger partial charge in [-0.25, -0.2) is 0 Å². The highest BCUT2D eigenvalue weighted by atomic mass is 16.3. The van der Waals surface area contributed by atoms with Gasteiger partial charge in [0.25, 0.3) is 5.91 Å². The van der Waals surface area contributed by atoms with Crippen molar-refractivity contribution in [2.75, 3.05) is 0 Å². The van der Waals surface area contributed by atoms with Gasteiger partial charge in [0, 0.05) is 12.1 Å². The van der Waals surface area contributed by atoms with Crippen LogP contribution >= 0.6 is 0 Å².